The molecule has 0 aliphatic carbocycles. The molecule has 8 heteroatoms. The standard InChI is InChI=1S/C20H19F3N4O/c21-20(22,23)18-16(15-4-2-8-25-19(15)26-18)12-27-9-5-13(6-10-27)17(28)14-3-1-7-24-11-14/h1-4,7-8,11,13H,5-6,9-10,12H2,(H,25,26). The maximum absolute atomic E-state index is 13.5. The molecule has 0 aromatic carbocycles. The van der Waals surface area contributed by atoms with E-state index < -0.39 is 11.9 Å². The Balaban J connectivity index is 1.49. The topological polar surface area (TPSA) is 61.9 Å². The molecule has 4 rings (SSSR count). The third kappa shape index (κ3) is 3.64. The van der Waals surface area contributed by atoms with E-state index in [9.17, 15) is 18.0 Å². The number of carbonyl (C=O) groups is 1. The predicted octanol–water partition coefficient (Wildman–Crippen LogP) is 4.07. The van der Waals surface area contributed by atoms with Gasteiger partial charge in [0, 0.05) is 47.6 Å². The van der Waals surface area contributed by atoms with Crippen molar-refractivity contribution in [3.8, 4) is 0 Å². The third-order valence-corrected chi connectivity index (χ3v) is 5.25. The molecule has 0 amide bonds. The molecule has 1 aliphatic rings. The molecule has 146 valence electrons. The van der Waals surface area contributed by atoms with E-state index >= 15 is 0 Å². The van der Waals surface area contributed by atoms with Crippen molar-refractivity contribution < 1.29 is 18.0 Å². The van der Waals surface area contributed by atoms with E-state index in [2.05, 4.69) is 15.0 Å². The van der Waals surface area contributed by atoms with Crippen LogP contribution in [0.2, 0.25) is 0 Å². The van der Waals surface area contributed by atoms with Crippen LogP contribution in [0.4, 0.5) is 13.2 Å². The molecule has 0 radical (unpaired) electrons. The lowest BCUT2D eigenvalue weighted by molar-refractivity contribution is -0.141. The normalized spacial score (nSPS) is 16.5. The third-order valence-electron chi connectivity index (χ3n) is 5.25. The van der Waals surface area contributed by atoms with Gasteiger partial charge in [0.25, 0.3) is 0 Å². The van der Waals surface area contributed by atoms with Crippen LogP contribution < -0.4 is 0 Å². The Hall–Kier alpha value is -2.74. The first-order valence-corrected chi connectivity index (χ1v) is 9.13. The van der Waals surface area contributed by atoms with Crippen molar-refractivity contribution in [3.63, 3.8) is 0 Å². The van der Waals surface area contributed by atoms with E-state index in [1.807, 2.05) is 4.90 Å². The van der Waals surface area contributed by atoms with Crippen LogP contribution in [0.1, 0.15) is 34.5 Å². The second-order valence-corrected chi connectivity index (χ2v) is 7.03. The van der Waals surface area contributed by atoms with Crippen molar-refractivity contribution in [1.82, 2.24) is 19.9 Å². The summed E-state index contributed by atoms with van der Waals surface area (Å²) in [6, 6.07) is 6.77. The number of H-pyrrole nitrogens is 1. The molecule has 5 nitrogen and oxygen atoms in total. The number of likely N-dealkylation sites (tertiary alicyclic amines) is 1. The van der Waals surface area contributed by atoms with Crippen LogP contribution in [0.3, 0.4) is 0 Å². The van der Waals surface area contributed by atoms with Crippen LogP contribution in [0.5, 0.6) is 0 Å². The van der Waals surface area contributed by atoms with Crippen LogP contribution in [0.25, 0.3) is 11.0 Å². The first-order chi connectivity index (χ1) is 13.4. The summed E-state index contributed by atoms with van der Waals surface area (Å²) < 4.78 is 40.4. The molecule has 0 unspecified atom stereocenters. The van der Waals surface area contributed by atoms with Crippen molar-refractivity contribution in [2.45, 2.75) is 25.6 Å². The van der Waals surface area contributed by atoms with Gasteiger partial charge in [-0.1, -0.05) is 0 Å². The molecule has 3 aromatic heterocycles. The van der Waals surface area contributed by atoms with Crippen molar-refractivity contribution in [1.29, 1.82) is 0 Å². The number of alkyl halides is 3. The maximum atomic E-state index is 13.5. The zero-order chi connectivity index (χ0) is 19.7. The van der Waals surface area contributed by atoms with Crippen molar-refractivity contribution in [2.24, 2.45) is 5.92 Å². The molecule has 1 fully saturated rings. The van der Waals surface area contributed by atoms with Crippen molar-refractivity contribution >= 4 is 16.8 Å². The average Bonchev–Trinajstić information content (AvgIpc) is 3.08. The van der Waals surface area contributed by atoms with Crippen molar-refractivity contribution in [2.75, 3.05) is 13.1 Å². The largest absolute Gasteiger partial charge is 0.431 e. The molecular formula is C20H19F3N4O. The van der Waals surface area contributed by atoms with E-state index in [0.29, 0.717) is 36.9 Å². The molecular weight excluding hydrogens is 369 g/mol. The smallest absolute Gasteiger partial charge is 0.335 e. The van der Waals surface area contributed by atoms with Gasteiger partial charge in [-0.25, -0.2) is 4.98 Å². The Labute approximate surface area is 159 Å². The minimum atomic E-state index is -4.47. The fourth-order valence-corrected chi connectivity index (χ4v) is 3.80. The van der Waals surface area contributed by atoms with E-state index in [1.165, 1.54) is 6.20 Å². The number of halogens is 3. The number of ketones is 1. The highest BCUT2D eigenvalue weighted by molar-refractivity contribution is 5.97. The zero-order valence-corrected chi connectivity index (χ0v) is 15.0. The summed E-state index contributed by atoms with van der Waals surface area (Å²) in [5.41, 5.74) is 0.303. The predicted molar refractivity (Wildman–Crippen MR) is 97.7 cm³/mol. The summed E-state index contributed by atoms with van der Waals surface area (Å²) >= 11 is 0. The maximum Gasteiger partial charge on any atom is 0.431 e. The number of aromatic nitrogens is 3. The number of rotatable bonds is 4. The fourth-order valence-electron chi connectivity index (χ4n) is 3.80. The molecule has 1 saturated heterocycles. The number of Topliss-reactive ketones (excluding diaryl/α,β-unsaturated/α-hetero) is 1. The fraction of sp³-hybridized carbons (Fsp3) is 0.350. The Morgan fingerprint density at radius 1 is 1.18 bits per heavy atom. The van der Waals surface area contributed by atoms with Gasteiger partial charge in [0.15, 0.2) is 5.78 Å². The number of pyridine rings is 2. The van der Waals surface area contributed by atoms with Gasteiger partial charge in [0.2, 0.25) is 0 Å². The van der Waals surface area contributed by atoms with Gasteiger partial charge in [-0.05, 0) is 50.2 Å². The molecule has 0 spiro atoms. The molecule has 4 heterocycles. The first kappa shape index (κ1) is 18.6. The molecule has 28 heavy (non-hydrogen) atoms. The van der Waals surface area contributed by atoms with Gasteiger partial charge in [0.1, 0.15) is 11.3 Å². The summed E-state index contributed by atoms with van der Waals surface area (Å²) in [5, 5.41) is 0.489. The van der Waals surface area contributed by atoms with Gasteiger partial charge < -0.3 is 4.98 Å². The highest BCUT2D eigenvalue weighted by atomic mass is 19.4. The van der Waals surface area contributed by atoms with E-state index in [-0.39, 0.29) is 29.5 Å². The van der Waals surface area contributed by atoms with Gasteiger partial charge >= 0.3 is 6.18 Å². The summed E-state index contributed by atoms with van der Waals surface area (Å²) in [5.74, 6) is -0.0628. The van der Waals surface area contributed by atoms with E-state index in [4.69, 9.17) is 0 Å². The number of fused-ring (bicyclic) bond motifs is 1. The number of aromatic amines is 1. The number of nitrogens with one attached hydrogen (secondary N) is 1. The van der Waals surface area contributed by atoms with Gasteiger partial charge in [-0.15, -0.1) is 0 Å². The van der Waals surface area contributed by atoms with Gasteiger partial charge in [-0.3, -0.25) is 14.7 Å². The summed E-state index contributed by atoms with van der Waals surface area (Å²) in [4.78, 5) is 24.9. The van der Waals surface area contributed by atoms with Gasteiger partial charge in [0.05, 0.1) is 0 Å². The second-order valence-electron chi connectivity index (χ2n) is 7.03. The molecule has 1 N–H and O–H groups in total. The number of piperidine rings is 1. The SMILES string of the molecule is O=C(c1cccnc1)C1CCN(Cc2c(C(F)(F)F)[nH]c3ncccc23)CC1. The Morgan fingerprint density at radius 2 is 1.93 bits per heavy atom. The minimum Gasteiger partial charge on any atom is -0.335 e. The summed E-state index contributed by atoms with van der Waals surface area (Å²) in [6.45, 7) is 1.32. The quantitative estimate of drug-likeness (QED) is 0.685. The minimum absolute atomic E-state index is 0.0556. The number of carbonyl (C=O) groups excluding carboxylic acids is 1. The summed E-state index contributed by atoms with van der Waals surface area (Å²) in [6.07, 6.45) is 1.42. The average molecular weight is 388 g/mol. The highest BCUT2D eigenvalue weighted by Crippen LogP contribution is 2.36. The highest BCUT2D eigenvalue weighted by Gasteiger charge is 2.37. The first-order valence-electron chi connectivity index (χ1n) is 9.13. The zero-order valence-electron chi connectivity index (χ0n) is 15.0. The molecule has 3 aromatic rings. The van der Waals surface area contributed by atoms with Crippen LogP contribution >= 0.6 is 0 Å². The molecule has 1 aliphatic heterocycles. The van der Waals surface area contributed by atoms with Crippen LogP contribution in [0, 0.1) is 5.92 Å². The van der Waals surface area contributed by atoms with Gasteiger partial charge in [-0.2, -0.15) is 13.2 Å². The van der Waals surface area contributed by atoms with E-state index in [0.717, 1.165) is 0 Å². The lowest BCUT2D eigenvalue weighted by Gasteiger charge is -2.31. The molecule has 0 bridgehead atoms. The monoisotopic (exact) mass is 388 g/mol. The Morgan fingerprint density at radius 3 is 2.61 bits per heavy atom. The molecule has 0 atom stereocenters. The lowest BCUT2D eigenvalue weighted by atomic mass is 9.89. The molecule has 0 saturated carbocycles. The van der Waals surface area contributed by atoms with Crippen LogP contribution in [0.15, 0.2) is 42.9 Å². The summed E-state index contributed by atoms with van der Waals surface area (Å²) in [7, 11) is 0. The number of nitrogens with zero attached hydrogens (tertiary/aromatic N) is 3. The van der Waals surface area contributed by atoms with Crippen LogP contribution in [-0.4, -0.2) is 38.7 Å². The van der Waals surface area contributed by atoms with E-state index in [1.54, 1.807) is 36.7 Å². The van der Waals surface area contributed by atoms with Crippen LogP contribution in [-0.2, 0) is 12.7 Å². The number of hydrogen-bond acceptors (Lipinski definition) is 4. The van der Waals surface area contributed by atoms with Crippen molar-refractivity contribution in [3.05, 3.63) is 59.7 Å². The second kappa shape index (κ2) is 7.35. The number of hydrogen-bond donors (Lipinski definition) is 1. The lowest BCUT2D eigenvalue weighted by Crippen LogP contribution is -2.36. The Kier molecular flexibility index (Phi) is 4.89. The Bertz CT molecular complexity index is 976.